The van der Waals surface area contributed by atoms with Gasteiger partial charge in [-0.05, 0) is 35.6 Å². The molecule has 0 aromatic heterocycles. The van der Waals surface area contributed by atoms with Crippen LogP contribution in [0.25, 0.3) is 0 Å². The first kappa shape index (κ1) is 24.0. The largest absolute Gasteiger partial charge is 0.508 e. The highest BCUT2D eigenvalue weighted by Gasteiger charge is 2.23. The molecule has 0 heterocycles. The first-order chi connectivity index (χ1) is 14.8. The maximum atomic E-state index is 10.4. The van der Waals surface area contributed by atoms with Gasteiger partial charge in [-0.25, -0.2) is 0 Å². The quantitative estimate of drug-likeness (QED) is 0.104. The molecule has 0 amide bonds. The van der Waals surface area contributed by atoms with Gasteiger partial charge in [-0.1, -0.05) is 38.1 Å². The van der Waals surface area contributed by atoms with E-state index in [1.807, 2.05) is 38.1 Å². The van der Waals surface area contributed by atoms with E-state index in [2.05, 4.69) is 16.5 Å². The molecule has 8 nitrogen and oxygen atoms in total. The maximum Gasteiger partial charge on any atom is 0.161 e. The number of hydrogen-bond acceptors (Lipinski definition) is 7. The summed E-state index contributed by atoms with van der Waals surface area (Å²) in [5, 5.41) is 46.6. The second-order valence-corrected chi connectivity index (χ2v) is 7.70. The second-order valence-electron chi connectivity index (χ2n) is 7.70. The number of nitrogens with zero attached hydrogens (tertiary/aromatic N) is 3. The molecule has 2 rings (SSSR count). The SMILES string of the molecule is CC(C)c1cc(/C(=N/N)N(Cc2ccc(CNCCC#N)cc2)C(C)O)c(O)cc1O. The molecule has 0 spiro atoms. The smallest absolute Gasteiger partial charge is 0.161 e. The standard InChI is InChI=1S/C23H31N5O3/c1-15(2)19-11-20(22(31)12-21(19)30)23(27-25)28(16(3)29)14-18-7-5-17(6-8-18)13-26-10-4-9-24/h5-8,11-12,15-16,26,29-31H,4,10,13-14,25H2,1-3H3/b27-23-. The van der Waals surface area contributed by atoms with Gasteiger partial charge in [-0.15, -0.1) is 0 Å². The minimum absolute atomic E-state index is 0.00446. The molecule has 6 N–H and O–H groups in total. The van der Waals surface area contributed by atoms with Gasteiger partial charge in [0.2, 0.25) is 0 Å². The van der Waals surface area contributed by atoms with E-state index in [1.54, 1.807) is 17.9 Å². The first-order valence-corrected chi connectivity index (χ1v) is 10.2. The van der Waals surface area contributed by atoms with E-state index in [0.717, 1.165) is 11.1 Å². The fourth-order valence-corrected chi connectivity index (χ4v) is 3.25. The Kier molecular flexibility index (Phi) is 8.67. The van der Waals surface area contributed by atoms with Gasteiger partial charge in [-0.2, -0.15) is 10.4 Å². The van der Waals surface area contributed by atoms with Crippen molar-refractivity contribution in [2.24, 2.45) is 10.9 Å². The molecule has 0 bridgehead atoms. The van der Waals surface area contributed by atoms with E-state index >= 15 is 0 Å². The van der Waals surface area contributed by atoms with Crippen molar-refractivity contribution < 1.29 is 15.3 Å². The fourth-order valence-electron chi connectivity index (χ4n) is 3.25. The molecule has 31 heavy (non-hydrogen) atoms. The number of aliphatic hydroxyl groups is 1. The van der Waals surface area contributed by atoms with Crippen molar-refractivity contribution in [1.29, 1.82) is 5.26 Å². The van der Waals surface area contributed by atoms with Crippen molar-refractivity contribution in [3.63, 3.8) is 0 Å². The zero-order valence-corrected chi connectivity index (χ0v) is 18.2. The van der Waals surface area contributed by atoms with Crippen LogP contribution in [0, 0.1) is 11.3 Å². The van der Waals surface area contributed by atoms with Crippen LogP contribution in [0.3, 0.4) is 0 Å². The molecule has 8 heteroatoms. The van der Waals surface area contributed by atoms with Crippen LogP contribution in [0.5, 0.6) is 11.5 Å². The van der Waals surface area contributed by atoms with Gasteiger partial charge < -0.3 is 31.4 Å². The minimum atomic E-state index is -0.926. The van der Waals surface area contributed by atoms with E-state index < -0.39 is 6.23 Å². The van der Waals surface area contributed by atoms with Crippen molar-refractivity contribution in [3.8, 4) is 17.6 Å². The summed E-state index contributed by atoms with van der Waals surface area (Å²) in [6, 6.07) is 12.9. The summed E-state index contributed by atoms with van der Waals surface area (Å²) in [5.41, 5.74) is 2.98. The third kappa shape index (κ3) is 6.35. The Bertz CT molecular complexity index is 933. The molecule has 0 saturated heterocycles. The van der Waals surface area contributed by atoms with E-state index in [4.69, 9.17) is 11.1 Å². The highest BCUT2D eigenvalue weighted by atomic mass is 16.3. The number of benzene rings is 2. The lowest BCUT2D eigenvalue weighted by Gasteiger charge is -2.29. The van der Waals surface area contributed by atoms with E-state index in [1.165, 1.54) is 6.07 Å². The van der Waals surface area contributed by atoms with Crippen molar-refractivity contribution >= 4 is 5.84 Å². The number of aliphatic hydroxyl groups excluding tert-OH is 1. The molecule has 2 aromatic carbocycles. The van der Waals surface area contributed by atoms with Crippen LogP contribution in [0.2, 0.25) is 0 Å². The molecule has 1 unspecified atom stereocenters. The van der Waals surface area contributed by atoms with Crippen LogP contribution in [-0.2, 0) is 13.1 Å². The number of rotatable bonds is 9. The number of nitrogens with two attached hydrogens (primary N) is 1. The summed E-state index contributed by atoms with van der Waals surface area (Å²) in [4.78, 5) is 1.58. The van der Waals surface area contributed by atoms with Crippen molar-refractivity contribution in [2.75, 3.05) is 6.54 Å². The Morgan fingerprint density at radius 3 is 2.32 bits per heavy atom. The number of nitriles is 1. The Labute approximate surface area is 183 Å². The van der Waals surface area contributed by atoms with E-state index in [9.17, 15) is 15.3 Å². The molecule has 1 atom stereocenters. The highest BCUT2D eigenvalue weighted by molar-refractivity contribution is 6.01. The molecule has 0 fully saturated rings. The number of aromatic hydroxyl groups is 2. The monoisotopic (exact) mass is 425 g/mol. The summed E-state index contributed by atoms with van der Waals surface area (Å²) >= 11 is 0. The van der Waals surface area contributed by atoms with Crippen molar-refractivity contribution in [3.05, 3.63) is 58.7 Å². The number of amidine groups is 1. The van der Waals surface area contributed by atoms with Crippen LogP contribution < -0.4 is 11.2 Å². The van der Waals surface area contributed by atoms with Gasteiger partial charge in [-0.3, -0.25) is 0 Å². The van der Waals surface area contributed by atoms with Gasteiger partial charge >= 0.3 is 0 Å². The van der Waals surface area contributed by atoms with Gasteiger partial charge in [0.05, 0.1) is 11.6 Å². The van der Waals surface area contributed by atoms with Gasteiger partial charge in [0.15, 0.2) is 5.84 Å². The third-order valence-electron chi connectivity index (χ3n) is 4.97. The summed E-state index contributed by atoms with van der Waals surface area (Å²) in [5.74, 6) is 5.73. The number of phenols is 2. The summed E-state index contributed by atoms with van der Waals surface area (Å²) < 4.78 is 0. The lowest BCUT2D eigenvalue weighted by molar-refractivity contribution is 0.0658. The maximum absolute atomic E-state index is 10.4. The molecule has 166 valence electrons. The zero-order valence-electron chi connectivity index (χ0n) is 18.2. The molecular weight excluding hydrogens is 394 g/mol. The van der Waals surface area contributed by atoms with Crippen LogP contribution in [0.4, 0.5) is 0 Å². The van der Waals surface area contributed by atoms with E-state index in [0.29, 0.717) is 37.2 Å². The number of phenolic OH excluding ortho intramolecular Hbond substituents is 2. The predicted octanol–water partition coefficient (Wildman–Crippen LogP) is 2.69. The fraction of sp³-hybridized carbons (Fsp3) is 0.391. The molecule has 0 radical (unpaired) electrons. The van der Waals surface area contributed by atoms with Crippen LogP contribution in [0.1, 0.15) is 55.4 Å². The third-order valence-corrected chi connectivity index (χ3v) is 4.97. The van der Waals surface area contributed by atoms with Gasteiger partial charge in [0.25, 0.3) is 0 Å². The number of nitrogens with one attached hydrogen (secondary N) is 1. The molecule has 0 aliphatic carbocycles. The lowest BCUT2D eigenvalue weighted by Crippen LogP contribution is -2.39. The average Bonchev–Trinajstić information content (AvgIpc) is 2.72. The minimum Gasteiger partial charge on any atom is -0.508 e. The van der Waals surface area contributed by atoms with E-state index in [-0.39, 0.29) is 23.3 Å². The Balaban J connectivity index is 2.25. The van der Waals surface area contributed by atoms with Crippen molar-refractivity contribution in [1.82, 2.24) is 10.2 Å². The topological polar surface area (TPSA) is 138 Å². The lowest BCUT2D eigenvalue weighted by atomic mass is 9.98. The first-order valence-electron chi connectivity index (χ1n) is 10.2. The molecule has 0 saturated carbocycles. The molecule has 2 aromatic rings. The van der Waals surface area contributed by atoms with Crippen LogP contribution in [-0.4, -0.2) is 38.8 Å². The summed E-state index contributed by atoms with van der Waals surface area (Å²) in [6.45, 7) is 7.07. The molecular formula is C23H31N5O3. The Morgan fingerprint density at radius 1 is 1.13 bits per heavy atom. The van der Waals surface area contributed by atoms with Gasteiger partial charge in [0, 0.05) is 32.1 Å². The van der Waals surface area contributed by atoms with Crippen LogP contribution in [0.15, 0.2) is 41.5 Å². The summed E-state index contributed by atoms with van der Waals surface area (Å²) in [6.07, 6.45) is -0.462. The normalized spacial score (nSPS) is 12.6. The molecule has 0 aliphatic rings. The summed E-state index contributed by atoms with van der Waals surface area (Å²) in [7, 11) is 0. The number of hydrazone groups is 1. The predicted molar refractivity (Wildman–Crippen MR) is 120 cm³/mol. The van der Waals surface area contributed by atoms with Crippen molar-refractivity contribution in [2.45, 2.75) is 52.4 Å². The Morgan fingerprint density at radius 2 is 1.77 bits per heavy atom. The second kappa shape index (κ2) is 11.2. The Hall–Kier alpha value is -3.28. The van der Waals surface area contributed by atoms with Crippen LogP contribution >= 0.6 is 0 Å². The molecule has 0 aliphatic heterocycles. The zero-order chi connectivity index (χ0) is 23.0. The highest BCUT2D eigenvalue weighted by Crippen LogP contribution is 2.33. The average molecular weight is 426 g/mol. The number of hydrogen-bond donors (Lipinski definition) is 5. The van der Waals surface area contributed by atoms with Gasteiger partial charge in [0.1, 0.15) is 17.7 Å².